The molecule has 0 aliphatic carbocycles. The molecular weight excluding hydrogens is 421 g/mol. The average molecular weight is 460 g/mol. The van der Waals surface area contributed by atoms with Crippen LogP contribution in [0.3, 0.4) is 0 Å². The fourth-order valence-corrected chi connectivity index (χ4v) is 4.72. The lowest BCUT2D eigenvalue weighted by Crippen LogP contribution is -2.52. The maximum Gasteiger partial charge on any atom is 0.237 e. The van der Waals surface area contributed by atoms with Gasteiger partial charge in [0, 0.05) is 19.1 Å². The van der Waals surface area contributed by atoms with Crippen molar-refractivity contribution in [3.8, 4) is 0 Å². The van der Waals surface area contributed by atoms with Crippen molar-refractivity contribution in [1.82, 2.24) is 15.5 Å². The van der Waals surface area contributed by atoms with Crippen LogP contribution in [-0.4, -0.2) is 63.3 Å². The number of likely N-dealkylation sites (tertiary alicyclic amines) is 1. The van der Waals surface area contributed by atoms with E-state index < -0.39 is 0 Å². The number of halogens is 2. The van der Waals surface area contributed by atoms with Crippen molar-refractivity contribution in [3.63, 3.8) is 0 Å². The predicted octanol–water partition coefficient (Wildman–Crippen LogP) is 3.31. The Hall–Kier alpha value is -0.850. The molecule has 7 heteroatoms. The number of hydrogen-bond donors (Lipinski definition) is 2. The molecule has 172 valence electrons. The molecule has 2 fully saturated rings. The summed E-state index contributed by atoms with van der Waals surface area (Å²) in [4.78, 5) is 15.1. The molecule has 0 spiro atoms. The van der Waals surface area contributed by atoms with Crippen molar-refractivity contribution in [2.24, 2.45) is 11.3 Å². The average Bonchev–Trinajstić information content (AvgIpc) is 2.74. The zero-order chi connectivity index (χ0) is 19.8. The van der Waals surface area contributed by atoms with Gasteiger partial charge in [-0.3, -0.25) is 9.69 Å². The Morgan fingerprint density at radius 1 is 1.20 bits per heavy atom. The minimum absolute atomic E-state index is 0. The minimum Gasteiger partial charge on any atom is -0.384 e. The lowest BCUT2D eigenvalue weighted by atomic mass is 9.79. The van der Waals surface area contributed by atoms with Gasteiger partial charge in [-0.1, -0.05) is 30.3 Å². The zero-order valence-corrected chi connectivity index (χ0v) is 20.0. The molecule has 1 atom stereocenters. The molecule has 2 saturated heterocycles. The van der Waals surface area contributed by atoms with Crippen LogP contribution in [0.15, 0.2) is 30.3 Å². The van der Waals surface area contributed by atoms with Crippen molar-refractivity contribution in [2.75, 3.05) is 46.4 Å². The number of nitrogens with one attached hydrogen (secondary N) is 2. The molecule has 3 rings (SSSR count). The Balaban J connectivity index is 0.00000225. The van der Waals surface area contributed by atoms with Crippen molar-refractivity contribution < 1.29 is 9.53 Å². The maximum absolute atomic E-state index is 12.8. The van der Waals surface area contributed by atoms with E-state index in [0.717, 1.165) is 57.9 Å². The Labute approximate surface area is 194 Å². The van der Waals surface area contributed by atoms with Crippen LogP contribution in [0.2, 0.25) is 0 Å². The number of amides is 1. The van der Waals surface area contributed by atoms with E-state index in [2.05, 4.69) is 52.8 Å². The number of benzene rings is 1. The lowest BCUT2D eigenvalue weighted by Gasteiger charge is -2.39. The molecule has 0 saturated carbocycles. The molecule has 0 aromatic heterocycles. The zero-order valence-electron chi connectivity index (χ0n) is 18.4. The van der Waals surface area contributed by atoms with Gasteiger partial charge in [0.2, 0.25) is 5.91 Å². The molecule has 0 bridgehead atoms. The number of carbonyl (C=O) groups excluding carboxylic acids is 1. The highest BCUT2D eigenvalue weighted by Crippen LogP contribution is 2.28. The highest BCUT2D eigenvalue weighted by Gasteiger charge is 2.34. The van der Waals surface area contributed by atoms with Crippen LogP contribution in [0.25, 0.3) is 0 Å². The fraction of sp³-hybridized carbons (Fsp3) is 0.696. The molecule has 2 aliphatic heterocycles. The third kappa shape index (κ3) is 7.69. The third-order valence-corrected chi connectivity index (χ3v) is 6.70. The smallest absolute Gasteiger partial charge is 0.237 e. The number of rotatable bonds is 8. The van der Waals surface area contributed by atoms with E-state index in [-0.39, 0.29) is 42.2 Å². The van der Waals surface area contributed by atoms with Crippen LogP contribution >= 0.6 is 24.8 Å². The van der Waals surface area contributed by atoms with Gasteiger partial charge in [-0.25, -0.2) is 0 Å². The van der Waals surface area contributed by atoms with Gasteiger partial charge in [0.15, 0.2) is 0 Å². The molecule has 1 aromatic rings. The number of methoxy groups -OCH3 is 1. The fourth-order valence-electron chi connectivity index (χ4n) is 4.72. The van der Waals surface area contributed by atoms with E-state index in [1.54, 1.807) is 7.11 Å². The van der Waals surface area contributed by atoms with Gasteiger partial charge in [0.1, 0.15) is 0 Å². The maximum atomic E-state index is 12.8. The Morgan fingerprint density at radius 2 is 1.83 bits per heavy atom. The van der Waals surface area contributed by atoms with Crippen LogP contribution in [0.1, 0.15) is 38.2 Å². The molecular formula is C23H39Cl2N3O2. The van der Waals surface area contributed by atoms with Gasteiger partial charge in [-0.15, -0.1) is 24.8 Å². The normalized spacial score (nSPS) is 20.5. The predicted molar refractivity (Wildman–Crippen MR) is 128 cm³/mol. The first kappa shape index (κ1) is 27.2. The van der Waals surface area contributed by atoms with E-state index in [1.165, 1.54) is 18.4 Å². The first-order valence-electron chi connectivity index (χ1n) is 10.9. The Bertz CT molecular complexity index is 598. The van der Waals surface area contributed by atoms with E-state index in [4.69, 9.17) is 4.74 Å². The van der Waals surface area contributed by atoms with Crippen molar-refractivity contribution in [2.45, 2.75) is 45.1 Å². The number of piperidine rings is 2. The van der Waals surface area contributed by atoms with Gasteiger partial charge in [0.25, 0.3) is 0 Å². The summed E-state index contributed by atoms with van der Waals surface area (Å²) in [5.41, 5.74) is 1.51. The lowest BCUT2D eigenvalue weighted by molar-refractivity contribution is -0.127. The minimum atomic E-state index is -0.0565. The van der Waals surface area contributed by atoms with Gasteiger partial charge in [0.05, 0.1) is 12.6 Å². The monoisotopic (exact) mass is 459 g/mol. The number of ether oxygens (including phenoxy) is 1. The van der Waals surface area contributed by atoms with Crippen LogP contribution < -0.4 is 10.6 Å². The number of nitrogens with zero attached hydrogens (tertiary/aromatic N) is 1. The van der Waals surface area contributed by atoms with Crippen LogP contribution in [0, 0.1) is 11.3 Å². The number of carbonyl (C=O) groups is 1. The van der Waals surface area contributed by atoms with E-state index >= 15 is 0 Å². The molecule has 2 heterocycles. The van der Waals surface area contributed by atoms with E-state index in [9.17, 15) is 4.79 Å². The summed E-state index contributed by atoms with van der Waals surface area (Å²) in [5, 5.41) is 6.64. The van der Waals surface area contributed by atoms with Crippen molar-refractivity contribution >= 4 is 30.7 Å². The highest BCUT2D eigenvalue weighted by atomic mass is 35.5. The second-order valence-corrected chi connectivity index (χ2v) is 8.75. The van der Waals surface area contributed by atoms with Gasteiger partial charge in [-0.05, 0) is 76.7 Å². The molecule has 1 amide bonds. The largest absolute Gasteiger partial charge is 0.384 e. The van der Waals surface area contributed by atoms with Crippen molar-refractivity contribution in [3.05, 3.63) is 35.9 Å². The Kier molecular flexibility index (Phi) is 12.3. The van der Waals surface area contributed by atoms with Gasteiger partial charge in [-0.2, -0.15) is 0 Å². The molecule has 2 N–H and O–H groups in total. The first-order chi connectivity index (χ1) is 13.6. The molecule has 2 aliphatic rings. The van der Waals surface area contributed by atoms with Crippen LogP contribution in [-0.2, 0) is 16.0 Å². The van der Waals surface area contributed by atoms with Gasteiger partial charge >= 0.3 is 0 Å². The second kappa shape index (κ2) is 13.5. The summed E-state index contributed by atoms with van der Waals surface area (Å²) in [5.74, 6) is 0.893. The standard InChI is InChI=1S/C23H37N3O2.2ClH/c1-19(22(27)25-17-23(18-28-2)10-12-24-13-11-23)26-14-8-21(9-15-26)16-20-6-4-3-5-7-20;;/h3-7,19,21,24H,8-18H2,1-2H3,(H,25,27);2*1H. The van der Waals surface area contributed by atoms with E-state index in [0.29, 0.717) is 6.61 Å². The molecule has 0 radical (unpaired) electrons. The van der Waals surface area contributed by atoms with Crippen molar-refractivity contribution in [1.29, 1.82) is 0 Å². The Morgan fingerprint density at radius 3 is 2.43 bits per heavy atom. The first-order valence-corrected chi connectivity index (χ1v) is 10.9. The van der Waals surface area contributed by atoms with Crippen LogP contribution in [0.5, 0.6) is 0 Å². The molecule has 30 heavy (non-hydrogen) atoms. The molecule has 1 unspecified atom stereocenters. The molecule has 5 nitrogen and oxygen atoms in total. The third-order valence-electron chi connectivity index (χ3n) is 6.70. The topological polar surface area (TPSA) is 53.6 Å². The van der Waals surface area contributed by atoms with Gasteiger partial charge < -0.3 is 15.4 Å². The summed E-state index contributed by atoms with van der Waals surface area (Å²) in [6.07, 6.45) is 5.61. The summed E-state index contributed by atoms with van der Waals surface area (Å²) in [7, 11) is 1.76. The van der Waals surface area contributed by atoms with Crippen LogP contribution in [0.4, 0.5) is 0 Å². The molecule has 1 aromatic carbocycles. The summed E-state index contributed by atoms with van der Waals surface area (Å²) < 4.78 is 5.46. The summed E-state index contributed by atoms with van der Waals surface area (Å²) >= 11 is 0. The van der Waals surface area contributed by atoms with E-state index in [1.807, 2.05) is 0 Å². The highest BCUT2D eigenvalue weighted by molar-refractivity contribution is 5.85. The SMILES string of the molecule is COCC1(CNC(=O)C(C)N2CCC(Cc3ccccc3)CC2)CCNCC1.Cl.Cl. The summed E-state index contributed by atoms with van der Waals surface area (Å²) in [6.45, 7) is 7.52. The second-order valence-electron chi connectivity index (χ2n) is 8.75. The quantitative estimate of drug-likeness (QED) is 0.625. The number of hydrogen-bond acceptors (Lipinski definition) is 4. The summed E-state index contributed by atoms with van der Waals surface area (Å²) in [6, 6.07) is 10.7.